The molecule has 0 fully saturated rings. The summed E-state index contributed by atoms with van der Waals surface area (Å²) in [5, 5.41) is 4.51. The fraction of sp³-hybridized carbons (Fsp3) is 0.286. The molecule has 0 aliphatic carbocycles. The number of rotatable bonds is 2. The SMILES string of the molecule is CCc1nn(C)c2c1nc(N)n2-c1ccc(Br)cc1C. The number of hydrogen-bond donors (Lipinski definition) is 1. The van der Waals surface area contributed by atoms with Crippen molar-refractivity contribution in [2.24, 2.45) is 7.05 Å². The Labute approximate surface area is 125 Å². The number of fused-ring (bicyclic) bond motifs is 1. The lowest BCUT2D eigenvalue weighted by Gasteiger charge is -2.10. The van der Waals surface area contributed by atoms with Crippen molar-refractivity contribution in [1.29, 1.82) is 0 Å². The first kappa shape index (κ1) is 13.2. The third-order valence-electron chi connectivity index (χ3n) is 3.46. The zero-order valence-corrected chi connectivity index (χ0v) is 13.3. The number of hydrogen-bond acceptors (Lipinski definition) is 3. The first-order valence-electron chi connectivity index (χ1n) is 6.49. The standard InChI is InChI=1S/C14H16BrN5/c1-4-10-12-13(19(3)18-10)20(14(16)17-12)11-6-5-9(15)7-8(11)2/h5-7H,4H2,1-3H3,(H2,16,17). The zero-order chi connectivity index (χ0) is 14.4. The van der Waals surface area contributed by atoms with E-state index in [4.69, 9.17) is 5.73 Å². The molecule has 0 amide bonds. The van der Waals surface area contributed by atoms with E-state index >= 15 is 0 Å². The minimum atomic E-state index is 0.494. The largest absolute Gasteiger partial charge is 0.369 e. The Hall–Kier alpha value is -1.82. The van der Waals surface area contributed by atoms with Gasteiger partial charge in [0.15, 0.2) is 5.65 Å². The van der Waals surface area contributed by atoms with Gasteiger partial charge in [-0.25, -0.2) is 9.67 Å². The fourth-order valence-electron chi connectivity index (χ4n) is 2.54. The molecule has 2 heterocycles. The van der Waals surface area contributed by atoms with Crippen LogP contribution in [0.4, 0.5) is 5.95 Å². The second-order valence-corrected chi connectivity index (χ2v) is 5.75. The summed E-state index contributed by atoms with van der Waals surface area (Å²) in [4.78, 5) is 4.49. The smallest absolute Gasteiger partial charge is 0.207 e. The molecule has 0 radical (unpaired) electrons. The normalized spacial score (nSPS) is 11.4. The molecule has 0 saturated heterocycles. The van der Waals surface area contributed by atoms with Crippen LogP contribution in [0.2, 0.25) is 0 Å². The molecule has 0 bridgehead atoms. The van der Waals surface area contributed by atoms with Gasteiger partial charge in [0.25, 0.3) is 0 Å². The van der Waals surface area contributed by atoms with E-state index in [2.05, 4.69) is 45.9 Å². The topological polar surface area (TPSA) is 61.7 Å². The molecule has 20 heavy (non-hydrogen) atoms. The second kappa shape index (κ2) is 4.63. The van der Waals surface area contributed by atoms with Gasteiger partial charge in [-0.2, -0.15) is 5.10 Å². The Bertz CT molecular complexity index is 800. The van der Waals surface area contributed by atoms with Crippen LogP contribution in [-0.2, 0) is 13.5 Å². The number of aromatic nitrogens is 4. The van der Waals surface area contributed by atoms with Crippen LogP contribution in [0.1, 0.15) is 18.2 Å². The highest BCUT2D eigenvalue weighted by Gasteiger charge is 2.18. The summed E-state index contributed by atoms with van der Waals surface area (Å²) in [5.74, 6) is 0.494. The summed E-state index contributed by atoms with van der Waals surface area (Å²) in [7, 11) is 1.92. The molecule has 3 rings (SSSR count). The van der Waals surface area contributed by atoms with Gasteiger partial charge in [0.2, 0.25) is 5.95 Å². The molecule has 6 heteroatoms. The number of nitrogens with two attached hydrogens (primary N) is 1. The van der Waals surface area contributed by atoms with E-state index in [9.17, 15) is 0 Å². The Kier molecular flexibility index (Phi) is 3.05. The van der Waals surface area contributed by atoms with Crippen LogP contribution in [0, 0.1) is 6.92 Å². The van der Waals surface area contributed by atoms with Crippen molar-refractivity contribution < 1.29 is 0 Å². The molecule has 3 aromatic rings. The number of anilines is 1. The summed E-state index contributed by atoms with van der Waals surface area (Å²) in [6, 6.07) is 6.11. The van der Waals surface area contributed by atoms with E-state index in [0.29, 0.717) is 5.95 Å². The molecule has 0 saturated carbocycles. The van der Waals surface area contributed by atoms with Crippen LogP contribution in [0.25, 0.3) is 16.9 Å². The number of imidazole rings is 1. The third kappa shape index (κ3) is 1.83. The van der Waals surface area contributed by atoms with Gasteiger partial charge in [0, 0.05) is 11.5 Å². The molecule has 0 spiro atoms. The van der Waals surface area contributed by atoms with Gasteiger partial charge in [-0.3, -0.25) is 4.57 Å². The number of nitrogens with zero attached hydrogens (tertiary/aromatic N) is 4. The van der Waals surface area contributed by atoms with Crippen molar-refractivity contribution in [1.82, 2.24) is 19.3 Å². The van der Waals surface area contributed by atoms with Gasteiger partial charge in [-0.05, 0) is 37.1 Å². The zero-order valence-electron chi connectivity index (χ0n) is 11.7. The number of nitrogen functional groups attached to an aromatic ring is 1. The summed E-state index contributed by atoms with van der Waals surface area (Å²) < 4.78 is 4.86. The quantitative estimate of drug-likeness (QED) is 0.784. The van der Waals surface area contributed by atoms with Gasteiger partial charge >= 0.3 is 0 Å². The summed E-state index contributed by atoms with van der Waals surface area (Å²) in [6.07, 6.45) is 0.840. The number of halogens is 1. The van der Waals surface area contributed by atoms with Gasteiger partial charge < -0.3 is 5.73 Å². The van der Waals surface area contributed by atoms with E-state index < -0.39 is 0 Å². The number of aryl methyl sites for hydroxylation is 3. The van der Waals surface area contributed by atoms with E-state index in [1.54, 1.807) is 0 Å². The van der Waals surface area contributed by atoms with Crippen molar-refractivity contribution in [3.05, 3.63) is 33.9 Å². The average Bonchev–Trinajstić information content (AvgIpc) is 2.87. The van der Waals surface area contributed by atoms with Crippen LogP contribution in [-0.4, -0.2) is 19.3 Å². The molecule has 0 aliphatic heterocycles. The van der Waals surface area contributed by atoms with Crippen molar-refractivity contribution in [3.8, 4) is 5.69 Å². The van der Waals surface area contributed by atoms with Crippen LogP contribution in [0.3, 0.4) is 0 Å². The lowest BCUT2D eigenvalue weighted by molar-refractivity contribution is 0.751. The molecule has 2 aromatic heterocycles. The number of benzene rings is 1. The first-order chi connectivity index (χ1) is 9.52. The minimum Gasteiger partial charge on any atom is -0.369 e. The summed E-state index contributed by atoms with van der Waals surface area (Å²) in [6.45, 7) is 4.13. The second-order valence-electron chi connectivity index (χ2n) is 4.83. The van der Waals surface area contributed by atoms with Crippen LogP contribution < -0.4 is 5.73 Å². The van der Waals surface area contributed by atoms with Crippen LogP contribution in [0.5, 0.6) is 0 Å². The molecular weight excluding hydrogens is 318 g/mol. The van der Waals surface area contributed by atoms with E-state index in [1.807, 2.05) is 28.4 Å². The highest BCUT2D eigenvalue weighted by Crippen LogP contribution is 2.28. The predicted octanol–water partition coefficient (Wildman–Crippen LogP) is 2.97. The predicted molar refractivity (Wildman–Crippen MR) is 84.1 cm³/mol. The fourth-order valence-corrected chi connectivity index (χ4v) is 3.02. The maximum atomic E-state index is 6.13. The highest BCUT2D eigenvalue weighted by atomic mass is 79.9. The molecule has 104 valence electrons. The molecule has 0 unspecified atom stereocenters. The van der Waals surface area contributed by atoms with Gasteiger partial charge in [-0.15, -0.1) is 0 Å². The maximum Gasteiger partial charge on any atom is 0.207 e. The van der Waals surface area contributed by atoms with Gasteiger partial charge in [0.05, 0.1) is 11.4 Å². The van der Waals surface area contributed by atoms with Crippen LogP contribution in [0.15, 0.2) is 22.7 Å². The molecular formula is C14H16BrN5. The van der Waals surface area contributed by atoms with Gasteiger partial charge in [0.1, 0.15) is 5.52 Å². The summed E-state index contributed by atoms with van der Waals surface area (Å²) in [5.41, 5.74) is 11.1. The Morgan fingerprint density at radius 1 is 1.35 bits per heavy atom. The van der Waals surface area contributed by atoms with Gasteiger partial charge in [-0.1, -0.05) is 22.9 Å². The van der Waals surface area contributed by atoms with E-state index in [-0.39, 0.29) is 0 Å². The third-order valence-corrected chi connectivity index (χ3v) is 3.96. The Morgan fingerprint density at radius 3 is 2.75 bits per heavy atom. The molecule has 0 atom stereocenters. The Morgan fingerprint density at radius 2 is 2.10 bits per heavy atom. The Balaban J connectivity index is 2.36. The van der Waals surface area contributed by atoms with E-state index in [0.717, 1.165) is 39.0 Å². The monoisotopic (exact) mass is 333 g/mol. The van der Waals surface area contributed by atoms with Crippen LogP contribution >= 0.6 is 15.9 Å². The minimum absolute atomic E-state index is 0.494. The molecule has 0 aliphatic rings. The van der Waals surface area contributed by atoms with Crippen molar-refractivity contribution in [2.75, 3.05) is 5.73 Å². The van der Waals surface area contributed by atoms with Crippen molar-refractivity contribution in [2.45, 2.75) is 20.3 Å². The molecule has 2 N–H and O–H groups in total. The lowest BCUT2D eigenvalue weighted by atomic mass is 10.2. The molecule has 5 nitrogen and oxygen atoms in total. The van der Waals surface area contributed by atoms with Crippen molar-refractivity contribution >= 4 is 33.0 Å². The highest BCUT2D eigenvalue weighted by molar-refractivity contribution is 9.10. The maximum absolute atomic E-state index is 6.13. The molecule has 1 aromatic carbocycles. The van der Waals surface area contributed by atoms with E-state index in [1.165, 1.54) is 0 Å². The summed E-state index contributed by atoms with van der Waals surface area (Å²) >= 11 is 3.48. The first-order valence-corrected chi connectivity index (χ1v) is 7.28. The average molecular weight is 334 g/mol. The lowest BCUT2D eigenvalue weighted by Crippen LogP contribution is -2.06. The van der Waals surface area contributed by atoms with Crippen molar-refractivity contribution in [3.63, 3.8) is 0 Å².